The van der Waals surface area contributed by atoms with Gasteiger partial charge in [-0.1, -0.05) is 19.1 Å². The van der Waals surface area contributed by atoms with Crippen molar-refractivity contribution in [2.45, 2.75) is 19.8 Å². The first-order valence-corrected chi connectivity index (χ1v) is 5.14. The summed E-state index contributed by atoms with van der Waals surface area (Å²) in [4.78, 5) is 3.29. The third kappa shape index (κ3) is 1.42. The zero-order chi connectivity index (χ0) is 9.97. The van der Waals surface area contributed by atoms with Crippen LogP contribution in [0.5, 0.6) is 0 Å². The van der Waals surface area contributed by atoms with Crippen molar-refractivity contribution in [3.8, 4) is 0 Å². The van der Waals surface area contributed by atoms with Gasteiger partial charge in [-0.25, -0.2) is 0 Å². The lowest BCUT2D eigenvalue weighted by atomic mass is 10.0. The molecule has 0 aliphatic heterocycles. The Bertz CT molecular complexity index is 429. The third-order valence-electron chi connectivity index (χ3n) is 2.67. The molecule has 0 spiro atoms. The molecule has 0 unspecified atom stereocenters. The van der Waals surface area contributed by atoms with E-state index in [4.69, 9.17) is 5.73 Å². The first-order chi connectivity index (χ1) is 6.86. The Morgan fingerprint density at radius 3 is 2.86 bits per heavy atom. The molecule has 1 heterocycles. The van der Waals surface area contributed by atoms with Crippen LogP contribution in [0.2, 0.25) is 0 Å². The van der Waals surface area contributed by atoms with Crippen molar-refractivity contribution in [2.24, 2.45) is 5.73 Å². The number of rotatable bonds is 3. The molecule has 14 heavy (non-hydrogen) atoms. The van der Waals surface area contributed by atoms with E-state index in [0.29, 0.717) is 6.54 Å². The highest BCUT2D eigenvalue weighted by atomic mass is 14.7. The molecule has 1 aromatic heterocycles. The minimum Gasteiger partial charge on any atom is -0.361 e. The molecule has 74 valence electrons. The first-order valence-electron chi connectivity index (χ1n) is 5.14. The molecule has 0 bridgehead atoms. The minimum absolute atomic E-state index is 0.713. The van der Waals surface area contributed by atoms with Gasteiger partial charge in [0.05, 0.1) is 0 Å². The van der Waals surface area contributed by atoms with E-state index in [0.717, 1.165) is 12.8 Å². The standard InChI is InChI=1S/C12H16N2/c1-2-9-4-3-5-11-12(9)10(6-7-13)8-14-11/h3-5,8,14H,2,6-7,13H2,1H3. The Balaban J connectivity index is 2.62. The predicted octanol–water partition coefficient (Wildman–Crippen LogP) is 2.23. The van der Waals surface area contributed by atoms with Crippen LogP contribution in [-0.2, 0) is 12.8 Å². The summed E-state index contributed by atoms with van der Waals surface area (Å²) in [6.45, 7) is 2.90. The highest BCUT2D eigenvalue weighted by Crippen LogP contribution is 2.23. The highest BCUT2D eigenvalue weighted by molar-refractivity contribution is 5.86. The van der Waals surface area contributed by atoms with E-state index in [9.17, 15) is 0 Å². The summed E-state index contributed by atoms with van der Waals surface area (Å²) >= 11 is 0. The fourth-order valence-corrected chi connectivity index (χ4v) is 1.98. The predicted molar refractivity (Wildman–Crippen MR) is 60.4 cm³/mol. The van der Waals surface area contributed by atoms with Crippen molar-refractivity contribution in [2.75, 3.05) is 6.54 Å². The summed E-state index contributed by atoms with van der Waals surface area (Å²) in [6.07, 6.45) is 4.11. The van der Waals surface area contributed by atoms with Gasteiger partial charge in [0.25, 0.3) is 0 Å². The number of benzene rings is 1. The molecule has 0 atom stereocenters. The monoisotopic (exact) mass is 188 g/mol. The maximum atomic E-state index is 5.59. The average molecular weight is 188 g/mol. The second-order valence-corrected chi connectivity index (χ2v) is 3.55. The number of nitrogens with one attached hydrogen (secondary N) is 1. The molecule has 0 fully saturated rings. The molecular weight excluding hydrogens is 172 g/mol. The highest BCUT2D eigenvalue weighted by Gasteiger charge is 2.05. The van der Waals surface area contributed by atoms with Crippen LogP contribution in [0.15, 0.2) is 24.4 Å². The van der Waals surface area contributed by atoms with Gasteiger partial charge < -0.3 is 10.7 Å². The fourth-order valence-electron chi connectivity index (χ4n) is 1.98. The van der Waals surface area contributed by atoms with Gasteiger partial charge in [0, 0.05) is 17.1 Å². The normalized spacial score (nSPS) is 11.0. The summed E-state index contributed by atoms with van der Waals surface area (Å²) in [6, 6.07) is 6.41. The molecule has 0 aliphatic rings. The van der Waals surface area contributed by atoms with Crippen molar-refractivity contribution in [1.29, 1.82) is 0 Å². The summed E-state index contributed by atoms with van der Waals surface area (Å²) in [7, 11) is 0. The Morgan fingerprint density at radius 1 is 1.29 bits per heavy atom. The summed E-state index contributed by atoms with van der Waals surface area (Å²) in [5, 5.41) is 1.38. The molecule has 2 heteroatoms. The van der Waals surface area contributed by atoms with E-state index in [1.807, 2.05) is 0 Å². The smallest absolute Gasteiger partial charge is 0.0459 e. The molecule has 0 radical (unpaired) electrons. The van der Waals surface area contributed by atoms with Gasteiger partial charge >= 0.3 is 0 Å². The summed E-state index contributed by atoms with van der Waals surface area (Å²) in [5.74, 6) is 0. The molecule has 0 saturated carbocycles. The van der Waals surface area contributed by atoms with Crippen LogP contribution in [0, 0.1) is 0 Å². The van der Waals surface area contributed by atoms with Crippen LogP contribution in [0.1, 0.15) is 18.1 Å². The van der Waals surface area contributed by atoms with Gasteiger partial charge in [0.15, 0.2) is 0 Å². The van der Waals surface area contributed by atoms with Crippen molar-refractivity contribution in [3.05, 3.63) is 35.5 Å². The molecule has 3 N–H and O–H groups in total. The topological polar surface area (TPSA) is 41.8 Å². The van der Waals surface area contributed by atoms with E-state index in [1.54, 1.807) is 0 Å². The second kappa shape index (κ2) is 3.84. The van der Waals surface area contributed by atoms with Crippen molar-refractivity contribution in [1.82, 2.24) is 4.98 Å². The molecule has 0 aliphatic carbocycles. The Kier molecular flexibility index (Phi) is 2.55. The third-order valence-corrected chi connectivity index (χ3v) is 2.67. The van der Waals surface area contributed by atoms with Gasteiger partial charge in [0.1, 0.15) is 0 Å². The number of hydrogen-bond acceptors (Lipinski definition) is 1. The fraction of sp³-hybridized carbons (Fsp3) is 0.333. The van der Waals surface area contributed by atoms with Gasteiger partial charge in [0.2, 0.25) is 0 Å². The lowest BCUT2D eigenvalue weighted by Crippen LogP contribution is -2.02. The number of nitrogens with two attached hydrogens (primary N) is 1. The van der Waals surface area contributed by atoms with E-state index in [1.165, 1.54) is 22.0 Å². The summed E-state index contributed by atoms with van der Waals surface area (Å²) in [5.41, 5.74) is 9.57. The average Bonchev–Trinajstić information content (AvgIpc) is 2.62. The van der Waals surface area contributed by atoms with E-state index >= 15 is 0 Å². The zero-order valence-corrected chi connectivity index (χ0v) is 8.51. The SMILES string of the molecule is CCc1cccc2[nH]cc(CCN)c12. The van der Waals surface area contributed by atoms with Gasteiger partial charge in [-0.2, -0.15) is 0 Å². The van der Waals surface area contributed by atoms with Crippen LogP contribution < -0.4 is 5.73 Å². The van der Waals surface area contributed by atoms with Crippen LogP contribution in [0.3, 0.4) is 0 Å². The number of aromatic amines is 1. The van der Waals surface area contributed by atoms with E-state index in [2.05, 4.69) is 36.3 Å². The summed E-state index contributed by atoms with van der Waals surface area (Å²) < 4.78 is 0. The van der Waals surface area contributed by atoms with Crippen molar-refractivity contribution in [3.63, 3.8) is 0 Å². The Labute approximate surface area is 84.1 Å². The molecule has 2 nitrogen and oxygen atoms in total. The lowest BCUT2D eigenvalue weighted by molar-refractivity contribution is 0.974. The van der Waals surface area contributed by atoms with Gasteiger partial charge in [-0.3, -0.25) is 0 Å². The number of H-pyrrole nitrogens is 1. The van der Waals surface area contributed by atoms with Crippen molar-refractivity contribution < 1.29 is 0 Å². The zero-order valence-electron chi connectivity index (χ0n) is 8.51. The number of fused-ring (bicyclic) bond motifs is 1. The molecule has 2 aromatic rings. The van der Waals surface area contributed by atoms with E-state index in [-0.39, 0.29) is 0 Å². The van der Waals surface area contributed by atoms with Crippen LogP contribution >= 0.6 is 0 Å². The van der Waals surface area contributed by atoms with Crippen LogP contribution in [0.25, 0.3) is 10.9 Å². The molecular formula is C12H16N2. The molecule has 2 rings (SSSR count). The Hall–Kier alpha value is -1.28. The molecule has 0 amide bonds. The quantitative estimate of drug-likeness (QED) is 0.762. The maximum Gasteiger partial charge on any atom is 0.0459 e. The lowest BCUT2D eigenvalue weighted by Gasteiger charge is -2.02. The second-order valence-electron chi connectivity index (χ2n) is 3.55. The van der Waals surface area contributed by atoms with E-state index < -0.39 is 0 Å². The maximum absolute atomic E-state index is 5.59. The van der Waals surface area contributed by atoms with Gasteiger partial charge in [-0.15, -0.1) is 0 Å². The Morgan fingerprint density at radius 2 is 2.14 bits per heavy atom. The number of hydrogen-bond donors (Lipinski definition) is 2. The van der Waals surface area contributed by atoms with Crippen molar-refractivity contribution >= 4 is 10.9 Å². The first kappa shape index (κ1) is 9.28. The van der Waals surface area contributed by atoms with Crippen LogP contribution in [-0.4, -0.2) is 11.5 Å². The van der Waals surface area contributed by atoms with Gasteiger partial charge in [-0.05, 0) is 36.6 Å². The molecule has 1 aromatic carbocycles. The largest absolute Gasteiger partial charge is 0.361 e. The van der Waals surface area contributed by atoms with Crippen LogP contribution in [0.4, 0.5) is 0 Å². The number of aromatic nitrogens is 1. The minimum atomic E-state index is 0.713. The molecule has 0 saturated heterocycles. The number of aryl methyl sites for hydroxylation is 1.